The van der Waals surface area contributed by atoms with Gasteiger partial charge in [-0.15, -0.1) is 0 Å². The molecule has 1 aromatic rings. The van der Waals surface area contributed by atoms with Crippen LogP contribution in [0, 0.1) is 5.92 Å². The third-order valence-corrected chi connectivity index (χ3v) is 4.94. The van der Waals surface area contributed by atoms with Gasteiger partial charge >= 0.3 is 0 Å². The van der Waals surface area contributed by atoms with Crippen molar-refractivity contribution in [3.8, 4) is 0 Å². The molecular weight excluding hydrogens is 240 g/mol. The van der Waals surface area contributed by atoms with Gasteiger partial charge in [0, 0.05) is 24.6 Å². The molecule has 2 heterocycles. The van der Waals surface area contributed by atoms with E-state index in [1.807, 2.05) is 11.0 Å². The average Bonchev–Trinajstić information content (AvgIpc) is 3.15. The molecule has 2 saturated carbocycles. The van der Waals surface area contributed by atoms with Gasteiger partial charge in [0.2, 0.25) is 0 Å². The minimum atomic E-state index is 0.0822. The molecule has 0 bridgehead atoms. The molecule has 1 amide bonds. The van der Waals surface area contributed by atoms with E-state index in [0.29, 0.717) is 17.7 Å². The maximum absolute atomic E-state index is 12.5. The van der Waals surface area contributed by atoms with E-state index >= 15 is 0 Å². The molecule has 3 aliphatic rings. The number of nitrogens with zero attached hydrogens (tertiary/aromatic N) is 2. The molecule has 2 unspecified atom stereocenters. The second kappa shape index (κ2) is 4.36. The number of amides is 1. The maximum Gasteiger partial charge on any atom is 0.276 e. The summed E-state index contributed by atoms with van der Waals surface area (Å²) in [5, 5.41) is 3.98. The van der Waals surface area contributed by atoms with Gasteiger partial charge in [0.05, 0.1) is 0 Å². The molecule has 0 aromatic carbocycles. The average molecular weight is 260 g/mol. The van der Waals surface area contributed by atoms with Gasteiger partial charge in [0.15, 0.2) is 5.69 Å². The summed E-state index contributed by atoms with van der Waals surface area (Å²) in [5.74, 6) is 2.25. The molecule has 4 heteroatoms. The molecule has 3 fully saturated rings. The first-order valence-electron chi connectivity index (χ1n) is 7.60. The van der Waals surface area contributed by atoms with Gasteiger partial charge in [-0.1, -0.05) is 24.4 Å². The second-order valence-electron chi connectivity index (χ2n) is 6.31. The van der Waals surface area contributed by atoms with Crippen molar-refractivity contribution in [3.05, 3.63) is 17.5 Å². The summed E-state index contributed by atoms with van der Waals surface area (Å²) in [4.78, 5) is 14.5. The summed E-state index contributed by atoms with van der Waals surface area (Å²) in [5.41, 5.74) is 0.518. The monoisotopic (exact) mass is 260 g/mol. The fourth-order valence-electron chi connectivity index (χ4n) is 3.57. The minimum absolute atomic E-state index is 0.0822. The van der Waals surface area contributed by atoms with Gasteiger partial charge in [-0.2, -0.15) is 0 Å². The molecule has 1 aliphatic heterocycles. The predicted molar refractivity (Wildman–Crippen MR) is 69.9 cm³/mol. The van der Waals surface area contributed by atoms with Crippen molar-refractivity contribution >= 4 is 5.91 Å². The fourth-order valence-corrected chi connectivity index (χ4v) is 3.57. The molecule has 102 valence electrons. The van der Waals surface area contributed by atoms with E-state index in [0.717, 1.165) is 18.2 Å². The van der Waals surface area contributed by atoms with Crippen LogP contribution in [0.2, 0.25) is 0 Å². The molecule has 4 rings (SSSR count). The lowest BCUT2D eigenvalue weighted by atomic mass is 9.84. The van der Waals surface area contributed by atoms with Crippen LogP contribution >= 0.6 is 0 Å². The summed E-state index contributed by atoms with van der Waals surface area (Å²) < 4.78 is 5.29. The second-order valence-corrected chi connectivity index (χ2v) is 6.31. The van der Waals surface area contributed by atoms with E-state index in [-0.39, 0.29) is 5.91 Å². The Kier molecular flexibility index (Phi) is 2.64. The van der Waals surface area contributed by atoms with Crippen LogP contribution < -0.4 is 0 Å². The topological polar surface area (TPSA) is 46.3 Å². The Morgan fingerprint density at radius 2 is 2.05 bits per heavy atom. The van der Waals surface area contributed by atoms with E-state index in [4.69, 9.17) is 4.52 Å². The van der Waals surface area contributed by atoms with E-state index in [2.05, 4.69) is 5.16 Å². The third kappa shape index (κ3) is 1.97. The highest BCUT2D eigenvalue weighted by Crippen LogP contribution is 2.41. The minimum Gasteiger partial charge on any atom is -0.360 e. The molecule has 0 radical (unpaired) electrons. The Balaban J connectivity index is 1.47. The number of fused-ring (bicyclic) bond motifs is 1. The zero-order valence-electron chi connectivity index (χ0n) is 11.2. The van der Waals surface area contributed by atoms with Crippen molar-refractivity contribution in [2.45, 2.75) is 56.9 Å². The van der Waals surface area contributed by atoms with Gasteiger partial charge in [0.1, 0.15) is 5.76 Å². The Hall–Kier alpha value is -1.32. The summed E-state index contributed by atoms with van der Waals surface area (Å²) >= 11 is 0. The van der Waals surface area contributed by atoms with Gasteiger partial charge in [-0.3, -0.25) is 4.79 Å². The molecule has 0 spiro atoms. The van der Waals surface area contributed by atoms with Crippen molar-refractivity contribution in [3.63, 3.8) is 0 Å². The zero-order valence-corrected chi connectivity index (χ0v) is 11.2. The number of likely N-dealkylation sites (tertiary alicyclic amines) is 1. The van der Waals surface area contributed by atoms with Crippen molar-refractivity contribution in [1.82, 2.24) is 10.1 Å². The SMILES string of the molecule is O=C(c1cc(C2CC2)on1)N1CC2CCCCCC21. The van der Waals surface area contributed by atoms with Crippen LogP contribution in [0.4, 0.5) is 0 Å². The standard InChI is InChI=1S/C15H20N2O2/c18-15(12-8-14(19-16-12)10-6-7-10)17-9-11-4-2-1-3-5-13(11)17/h8,10-11,13H,1-7,9H2. The first kappa shape index (κ1) is 11.5. The maximum atomic E-state index is 12.5. The molecule has 2 aliphatic carbocycles. The lowest BCUT2D eigenvalue weighted by Crippen LogP contribution is -2.58. The molecule has 2 atom stereocenters. The van der Waals surface area contributed by atoms with Crippen molar-refractivity contribution in [2.75, 3.05) is 6.54 Å². The summed E-state index contributed by atoms with van der Waals surface area (Å²) in [7, 11) is 0. The van der Waals surface area contributed by atoms with E-state index in [1.165, 1.54) is 44.9 Å². The molecule has 1 saturated heterocycles. The van der Waals surface area contributed by atoms with Gasteiger partial charge in [-0.05, 0) is 31.6 Å². The Labute approximate surface area is 113 Å². The van der Waals surface area contributed by atoms with Crippen LogP contribution in [0.3, 0.4) is 0 Å². The highest BCUT2D eigenvalue weighted by atomic mass is 16.5. The first-order valence-corrected chi connectivity index (χ1v) is 7.60. The van der Waals surface area contributed by atoms with Crippen molar-refractivity contribution < 1.29 is 9.32 Å². The highest BCUT2D eigenvalue weighted by Gasteiger charge is 2.43. The van der Waals surface area contributed by atoms with Gasteiger partial charge in [0.25, 0.3) is 5.91 Å². The third-order valence-electron chi connectivity index (χ3n) is 4.94. The number of carbonyl (C=O) groups is 1. The molecule has 0 N–H and O–H groups in total. The van der Waals surface area contributed by atoms with E-state index in [1.54, 1.807) is 0 Å². The molecule has 4 nitrogen and oxygen atoms in total. The number of hydrogen-bond acceptors (Lipinski definition) is 3. The first-order chi connectivity index (χ1) is 9.33. The number of aromatic nitrogens is 1. The number of rotatable bonds is 2. The van der Waals surface area contributed by atoms with Crippen molar-refractivity contribution in [2.24, 2.45) is 5.92 Å². The lowest BCUT2D eigenvalue weighted by molar-refractivity contribution is 0.0114. The normalized spacial score (nSPS) is 30.4. The van der Waals surface area contributed by atoms with Crippen LogP contribution in [0.25, 0.3) is 0 Å². The van der Waals surface area contributed by atoms with Gasteiger partial charge < -0.3 is 9.42 Å². The van der Waals surface area contributed by atoms with Crippen LogP contribution in [0.5, 0.6) is 0 Å². The number of hydrogen-bond donors (Lipinski definition) is 0. The van der Waals surface area contributed by atoms with Gasteiger partial charge in [-0.25, -0.2) is 0 Å². The Morgan fingerprint density at radius 1 is 1.21 bits per heavy atom. The van der Waals surface area contributed by atoms with Crippen LogP contribution in [0.15, 0.2) is 10.6 Å². The van der Waals surface area contributed by atoms with E-state index < -0.39 is 0 Å². The van der Waals surface area contributed by atoms with Crippen LogP contribution in [-0.4, -0.2) is 28.6 Å². The Morgan fingerprint density at radius 3 is 2.89 bits per heavy atom. The predicted octanol–water partition coefficient (Wildman–Crippen LogP) is 2.96. The molecular formula is C15H20N2O2. The number of carbonyl (C=O) groups excluding carboxylic acids is 1. The Bertz CT molecular complexity index is 492. The molecule has 19 heavy (non-hydrogen) atoms. The van der Waals surface area contributed by atoms with Crippen LogP contribution in [0.1, 0.15) is 67.1 Å². The smallest absolute Gasteiger partial charge is 0.276 e. The molecule has 1 aromatic heterocycles. The largest absolute Gasteiger partial charge is 0.360 e. The summed E-state index contributed by atoms with van der Waals surface area (Å²) in [6, 6.07) is 2.33. The highest BCUT2D eigenvalue weighted by molar-refractivity contribution is 5.93. The lowest BCUT2D eigenvalue weighted by Gasteiger charge is -2.47. The van der Waals surface area contributed by atoms with E-state index in [9.17, 15) is 4.79 Å². The van der Waals surface area contributed by atoms with Crippen LogP contribution in [-0.2, 0) is 0 Å². The zero-order chi connectivity index (χ0) is 12.8. The summed E-state index contributed by atoms with van der Waals surface area (Å²) in [6.07, 6.45) is 8.74. The quantitative estimate of drug-likeness (QED) is 0.821. The van der Waals surface area contributed by atoms with Crippen molar-refractivity contribution in [1.29, 1.82) is 0 Å². The fraction of sp³-hybridized carbons (Fsp3) is 0.733. The summed E-state index contributed by atoms with van der Waals surface area (Å²) in [6.45, 7) is 0.926.